The first-order valence-corrected chi connectivity index (χ1v) is 7.01. The van der Waals surface area contributed by atoms with Crippen LogP contribution in [0.15, 0.2) is 53.1 Å². The van der Waals surface area contributed by atoms with Crippen molar-refractivity contribution in [2.24, 2.45) is 0 Å². The molecule has 6 nitrogen and oxygen atoms in total. The highest BCUT2D eigenvalue weighted by molar-refractivity contribution is 5.97. The van der Waals surface area contributed by atoms with Crippen LogP contribution in [0, 0.1) is 6.92 Å². The number of rotatable bonds is 5. The molecule has 0 saturated heterocycles. The van der Waals surface area contributed by atoms with E-state index in [9.17, 15) is 9.59 Å². The molecular formula is C17H14N2O4. The van der Waals surface area contributed by atoms with Crippen molar-refractivity contribution >= 4 is 11.8 Å². The van der Waals surface area contributed by atoms with E-state index in [0.29, 0.717) is 17.3 Å². The lowest BCUT2D eigenvalue weighted by molar-refractivity contribution is 0.0466. The second-order valence-corrected chi connectivity index (χ2v) is 4.87. The summed E-state index contributed by atoms with van der Waals surface area (Å²) in [5.74, 6) is -0.312. The summed E-state index contributed by atoms with van der Waals surface area (Å²) >= 11 is 0. The number of carbonyl (C=O) groups excluding carboxylic acids is 2. The molecule has 3 rings (SSSR count). The molecule has 0 amide bonds. The maximum atomic E-state index is 12.1. The minimum Gasteiger partial charge on any atom is -0.452 e. The first kappa shape index (κ1) is 14.8. The van der Waals surface area contributed by atoms with Gasteiger partial charge in [0.1, 0.15) is 5.76 Å². The summed E-state index contributed by atoms with van der Waals surface area (Å²) in [5, 5.41) is 0. The van der Waals surface area contributed by atoms with E-state index >= 15 is 0 Å². The van der Waals surface area contributed by atoms with Gasteiger partial charge in [0.05, 0.1) is 5.69 Å². The standard InChI is InChI=1S/C17H14N2O4/c1-11-15(19-16(23-11)12-6-3-2-4-7-12)17(21)22-10-14(20)13-8-5-9-18-13/h2-9,18H,10H2,1H3. The first-order valence-electron chi connectivity index (χ1n) is 7.01. The summed E-state index contributed by atoms with van der Waals surface area (Å²) in [6, 6.07) is 12.5. The van der Waals surface area contributed by atoms with Crippen LogP contribution in [0.1, 0.15) is 26.7 Å². The zero-order chi connectivity index (χ0) is 16.2. The smallest absolute Gasteiger partial charge is 0.361 e. The molecule has 0 aliphatic carbocycles. The Labute approximate surface area is 132 Å². The van der Waals surface area contributed by atoms with Crippen molar-refractivity contribution in [1.29, 1.82) is 0 Å². The van der Waals surface area contributed by atoms with Crippen molar-refractivity contribution in [2.45, 2.75) is 6.92 Å². The van der Waals surface area contributed by atoms with E-state index in [1.54, 1.807) is 25.3 Å². The third-order valence-corrected chi connectivity index (χ3v) is 3.24. The van der Waals surface area contributed by atoms with Gasteiger partial charge in [0, 0.05) is 11.8 Å². The number of nitrogens with zero attached hydrogens (tertiary/aromatic N) is 1. The molecule has 0 atom stereocenters. The number of ether oxygens (including phenoxy) is 1. The van der Waals surface area contributed by atoms with Gasteiger partial charge in [-0.2, -0.15) is 0 Å². The van der Waals surface area contributed by atoms with Crippen molar-refractivity contribution in [2.75, 3.05) is 6.61 Å². The normalized spacial score (nSPS) is 10.5. The van der Waals surface area contributed by atoms with Crippen molar-refractivity contribution in [3.05, 3.63) is 65.8 Å². The van der Waals surface area contributed by atoms with Gasteiger partial charge >= 0.3 is 5.97 Å². The number of benzene rings is 1. The number of hydrogen-bond donors (Lipinski definition) is 1. The van der Waals surface area contributed by atoms with Gasteiger partial charge in [-0.05, 0) is 31.2 Å². The molecule has 0 fully saturated rings. The van der Waals surface area contributed by atoms with E-state index in [2.05, 4.69) is 9.97 Å². The highest BCUT2D eigenvalue weighted by atomic mass is 16.5. The Morgan fingerprint density at radius 2 is 1.96 bits per heavy atom. The van der Waals surface area contributed by atoms with Crippen molar-refractivity contribution in [3.63, 3.8) is 0 Å². The zero-order valence-corrected chi connectivity index (χ0v) is 12.4. The lowest BCUT2D eigenvalue weighted by Crippen LogP contribution is -2.15. The van der Waals surface area contributed by atoms with Crippen LogP contribution in [0.4, 0.5) is 0 Å². The number of aryl methyl sites for hydroxylation is 1. The summed E-state index contributed by atoms with van der Waals surface area (Å²) in [6.45, 7) is 1.27. The van der Waals surface area contributed by atoms with Crippen LogP contribution in [-0.4, -0.2) is 28.3 Å². The number of esters is 1. The monoisotopic (exact) mass is 310 g/mol. The van der Waals surface area contributed by atoms with Gasteiger partial charge in [-0.3, -0.25) is 4.79 Å². The third-order valence-electron chi connectivity index (χ3n) is 3.24. The van der Waals surface area contributed by atoms with E-state index < -0.39 is 5.97 Å². The largest absolute Gasteiger partial charge is 0.452 e. The molecule has 2 aromatic heterocycles. The highest BCUT2D eigenvalue weighted by Gasteiger charge is 2.20. The molecule has 0 aliphatic rings. The number of aromatic amines is 1. The fourth-order valence-corrected chi connectivity index (χ4v) is 2.07. The van der Waals surface area contributed by atoms with E-state index in [0.717, 1.165) is 5.56 Å². The summed E-state index contributed by atoms with van der Waals surface area (Å²) in [7, 11) is 0. The average molecular weight is 310 g/mol. The zero-order valence-electron chi connectivity index (χ0n) is 12.4. The summed E-state index contributed by atoms with van der Waals surface area (Å²) in [4.78, 5) is 30.8. The number of aromatic nitrogens is 2. The van der Waals surface area contributed by atoms with Crippen LogP contribution in [-0.2, 0) is 4.74 Å². The molecule has 1 aromatic carbocycles. The quantitative estimate of drug-likeness (QED) is 0.578. The second kappa shape index (κ2) is 6.31. The van der Waals surface area contributed by atoms with E-state index in [4.69, 9.17) is 9.15 Å². The lowest BCUT2D eigenvalue weighted by Gasteiger charge is -2.01. The minimum absolute atomic E-state index is 0.0724. The Bertz CT molecular complexity index is 820. The molecule has 0 aliphatic heterocycles. The Morgan fingerprint density at radius 3 is 2.65 bits per heavy atom. The maximum Gasteiger partial charge on any atom is 0.361 e. The van der Waals surface area contributed by atoms with Gasteiger partial charge < -0.3 is 14.1 Å². The molecule has 2 heterocycles. The second-order valence-electron chi connectivity index (χ2n) is 4.87. The molecule has 1 N–H and O–H groups in total. The molecule has 0 bridgehead atoms. The molecule has 0 unspecified atom stereocenters. The summed E-state index contributed by atoms with van der Waals surface area (Å²) in [6.07, 6.45) is 1.63. The van der Waals surface area contributed by atoms with Crippen LogP contribution < -0.4 is 0 Å². The molecule has 23 heavy (non-hydrogen) atoms. The number of H-pyrrole nitrogens is 1. The van der Waals surface area contributed by atoms with Crippen LogP contribution in [0.5, 0.6) is 0 Å². The number of hydrogen-bond acceptors (Lipinski definition) is 5. The lowest BCUT2D eigenvalue weighted by atomic mass is 10.2. The predicted molar refractivity (Wildman–Crippen MR) is 82.1 cm³/mol. The number of Topliss-reactive ketones (excluding diaryl/α,β-unsaturated/α-hetero) is 1. The van der Waals surface area contributed by atoms with Crippen LogP contribution >= 0.6 is 0 Å². The summed E-state index contributed by atoms with van der Waals surface area (Å²) < 4.78 is 10.5. The molecule has 3 aromatic rings. The molecule has 0 spiro atoms. The van der Waals surface area contributed by atoms with E-state index in [1.807, 2.05) is 30.3 Å². The van der Waals surface area contributed by atoms with Gasteiger partial charge in [-0.15, -0.1) is 0 Å². The highest BCUT2D eigenvalue weighted by Crippen LogP contribution is 2.21. The van der Waals surface area contributed by atoms with Gasteiger partial charge in [0.2, 0.25) is 11.7 Å². The van der Waals surface area contributed by atoms with Gasteiger partial charge in [-0.25, -0.2) is 9.78 Å². The molecule has 0 saturated carbocycles. The third kappa shape index (κ3) is 3.21. The van der Waals surface area contributed by atoms with Gasteiger partial charge in [0.25, 0.3) is 0 Å². The Balaban J connectivity index is 1.70. The fraction of sp³-hybridized carbons (Fsp3) is 0.118. The minimum atomic E-state index is -0.687. The van der Waals surface area contributed by atoms with Crippen molar-refractivity contribution in [1.82, 2.24) is 9.97 Å². The number of ketones is 1. The fourth-order valence-electron chi connectivity index (χ4n) is 2.07. The van der Waals surface area contributed by atoms with Gasteiger partial charge in [-0.1, -0.05) is 18.2 Å². The van der Waals surface area contributed by atoms with Crippen molar-refractivity contribution < 1.29 is 18.7 Å². The number of nitrogens with one attached hydrogen (secondary N) is 1. The Kier molecular flexibility index (Phi) is 4.05. The van der Waals surface area contributed by atoms with Crippen LogP contribution in [0.2, 0.25) is 0 Å². The van der Waals surface area contributed by atoms with Crippen molar-refractivity contribution in [3.8, 4) is 11.5 Å². The van der Waals surface area contributed by atoms with Crippen LogP contribution in [0.3, 0.4) is 0 Å². The van der Waals surface area contributed by atoms with E-state index in [-0.39, 0.29) is 18.1 Å². The first-order chi connectivity index (χ1) is 11.1. The molecular weight excluding hydrogens is 296 g/mol. The topological polar surface area (TPSA) is 85.2 Å². The Morgan fingerprint density at radius 1 is 1.17 bits per heavy atom. The SMILES string of the molecule is Cc1oc(-c2ccccc2)nc1C(=O)OCC(=O)c1ccc[nH]1. The average Bonchev–Trinajstić information content (AvgIpc) is 3.23. The van der Waals surface area contributed by atoms with E-state index in [1.165, 1.54) is 0 Å². The number of oxazole rings is 1. The Hall–Kier alpha value is -3.15. The molecule has 6 heteroatoms. The predicted octanol–water partition coefficient (Wildman–Crippen LogP) is 3.02. The van der Waals surface area contributed by atoms with Gasteiger partial charge in [0.15, 0.2) is 12.3 Å². The number of carbonyl (C=O) groups is 2. The molecule has 0 radical (unpaired) electrons. The molecule has 116 valence electrons. The van der Waals surface area contributed by atoms with Crippen LogP contribution in [0.25, 0.3) is 11.5 Å². The summed E-state index contributed by atoms with van der Waals surface area (Å²) in [5.41, 5.74) is 1.22. The maximum absolute atomic E-state index is 12.1.